The SMILES string of the molecule is NCc1ccc(-c2ccccc2F)nc1N. The molecule has 0 saturated carbocycles. The standard InChI is InChI=1S/C12H12FN3/c13-10-4-2-1-3-9(10)11-6-5-8(7-14)12(15)16-11/h1-6H,7,14H2,(H2,15,16). The molecule has 82 valence electrons. The average molecular weight is 217 g/mol. The summed E-state index contributed by atoms with van der Waals surface area (Å²) >= 11 is 0. The fourth-order valence-electron chi connectivity index (χ4n) is 1.50. The quantitative estimate of drug-likeness (QED) is 0.807. The Bertz CT molecular complexity index is 511. The van der Waals surface area contributed by atoms with Crippen LogP contribution in [-0.4, -0.2) is 4.98 Å². The van der Waals surface area contributed by atoms with Crippen molar-refractivity contribution < 1.29 is 4.39 Å². The largest absolute Gasteiger partial charge is 0.383 e. The number of anilines is 1. The van der Waals surface area contributed by atoms with Crippen LogP contribution in [0.4, 0.5) is 10.2 Å². The van der Waals surface area contributed by atoms with E-state index >= 15 is 0 Å². The Morgan fingerprint density at radius 2 is 1.88 bits per heavy atom. The smallest absolute Gasteiger partial charge is 0.132 e. The number of aromatic nitrogens is 1. The molecule has 0 aliphatic carbocycles. The molecule has 0 amide bonds. The maximum absolute atomic E-state index is 13.5. The second-order valence-corrected chi connectivity index (χ2v) is 3.42. The summed E-state index contributed by atoms with van der Waals surface area (Å²) in [6.45, 7) is 0.330. The number of hydrogen-bond acceptors (Lipinski definition) is 3. The molecule has 0 bridgehead atoms. The molecular weight excluding hydrogens is 205 g/mol. The maximum Gasteiger partial charge on any atom is 0.132 e. The van der Waals surface area contributed by atoms with Gasteiger partial charge in [0.15, 0.2) is 0 Å². The van der Waals surface area contributed by atoms with E-state index in [1.54, 1.807) is 30.3 Å². The molecular formula is C12H12FN3. The summed E-state index contributed by atoms with van der Waals surface area (Å²) < 4.78 is 13.5. The highest BCUT2D eigenvalue weighted by molar-refractivity contribution is 5.62. The zero-order valence-corrected chi connectivity index (χ0v) is 8.65. The predicted molar refractivity (Wildman–Crippen MR) is 61.9 cm³/mol. The van der Waals surface area contributed by atoms with Gasteiger partial charge in [0.25, 0.3) is 0 Å². The van der Waals surface area contributed by atoms with Crippen molar-refractivity contribution in [3.63, 3.8) is 0 Å². The predicted octanol–water partition coefficient (Wildman–Crippen LogP) is 1.93. The van der Waals surface area contributed by atoms with E-state index in [0.717, 1.165) is 5.56 Å². The zero-order chi connectivity index (χ0) is 11.5. The number of pyridine rings is 1. The topological polar surface area (TPSA) is 64.9 Å². The monoisotopic (exact) mass is 217 g/mol. The number of rotatable bonds is 2. The third kappa shape index (κ3) is 1.87. The Labute approximate surface area is 92.9 Å². The van der Waals surface area contributed by atoms with Gasteiger partial charge in [-0.3, -0.25) is 0 Å². The van der Waals surface area contributed by atoms with Crippen LogP contribution in [0.25, 0.3) is 11.3 Å². The number of nitrogens with two attached hydrogens (primary N) is 2. The first-order valence-corrected chi connectivity index (χ1v) is 4.92. The number of hydrogen-bond donors (Lipinski definition) is 2. The average Bonchev–Trinajstić information content (AvgIpc) is 2.29. The van der Waals surface area contributed by atoms with E-state index in [4.69, 9.17) is 11.5 Å². The van der Waals surface area contributed by atoms with Gasteiger partial charge >= 0.3 is 0 Å². The third-order valence-corrected chi connectivity index (χ3v) is 2.38. The molecule has 0 unspecified atom stereocenters. The van der Waals surface area contributed by atoms with Gasteiger partial charge in [0, 0.05) is 17.7 Å². The highest BCUT2D eigenvalue weighted by atomic mass is 19.1. The van der Waals surface area contributed by atoms with Gasteiger partial charge in [0.2, 0.25) is 0 Å². The van der Waals surface area contributed by atoms with Crippen molar-refractivity contribution in [3.8, 4) is 11.3 Å². The first-order chi connectivity index (χ1) is 7.72. The zero-order valence-electron chi connectivity index (χ0n) is 8.65. The molecule has 0 atom stereocenters. The molecule has 0 aliphatic heterocycles. The van der Waals surface area contributed by atoms with Crippen LogP contribution in [0.3, 0.4) is 0 Å². The molecule has 3 nitrogen and oxygen atoms in total. The summed E-state index contributed by atoms with van der Waals surface area (Å²) in [7, 11) is 0. The van der Waals surface area contributed by atoms with Crippen LogP contribution in [0.5, 0.6) is 0 Å². The Hall–Kier alpha value is -1.94. The van der Waals surface area contributed by atoms with Crippen molar-refractivity contribution in [2.24, 2.45) is 5.73 Å². The van der Waals surface area contributed by atoms with Gasteiger partial charge in [0.05, 0.1) is 5.69 Å². The highest BCUT2D eigenvalue weighted by Crippen LogP contribution is 2.22. The fourth-order valence-corrected chi connectivity index (χ4v) is 1.50. The van der Waals surface area contributed by atoms with E-state index < -0.39 is 0 Å². The van der Waals surface area contributed by atoms with Gasteiger partial charge in [0.1, 0.15) is 11.6 Å². The van der Waals surface area contributed by atoms with E-state index in [9.17, 15) is 4.39 Å². The summed E-state index contributed by atoms with van der Waals surface area (Å²) in [5, 5.41) is 0. The molecule has 2 rings (SSSR count). The van der Waals surface area contributed by atoms with Crippen molar-refractivity contribution in [1.29, 1.82) is 0 Å². The number of nitrogens with zero attached hydrogens (tertiary/aromatic N) is 1. The molecule has 2 aromatic rings. The summed E-state index contributed by atoms with van der Waals surface area (Å²) in [5.41, 5.74) is 12.9. The second-order valence-electron chi connectivity index (χ2n) is 3.42. The molecule has 1 heterocycles. The minimum absolute atomic E-state index is 0.310. The number of nitrogen functional groups attached to an aromatic ring is 1. The molecule has 1 aromatic carbocycles. The summed E-state index contributed by atoms with van der Waals surface area (Å²) in [5.74, 6) is 0.0400. The first-order valence-electron chi connectivity index (χ1n) is 4.92. The molecule has 4 N–H and O–H groups in total. The van der Waals surface area contributed by atoms with Crippen LogP contribution in [0.15, 0.2) is 36.4 Å². The van der Waals surface area contributed by atoms with Gasteiger partial charge in [-0.2, -0.15) is 0 Å². The Balaban J connectivity index is 2.50. The van der Waals surface area contributed by atoms with E-state index in [1.165, 1.54) is 6.07 Å². The van der Waals surface area contributed by atoms with E-state index in [-0.39, 0.29) is 5.82 Å². The van der Waals surface area contributed by atoms with Crippen LogP contribution in [0.1, 0.15) is 5.56 Å². The van der Waals surface area contributed by atoms with Crippen molar-refractivity contribution in [2.45, 2.75) is 6.54 Å². The van der Waals surface area contributed by atoms with Gasteiger partial charge in [-0.1, -0.05) is 18.2 Å². The number of halogens is 1. The molecule has 0 fully saturated rings. The molecule has 0 aliphatic rings. The van der Waals surface area contributed by atoms with E-state index in [1.807, 2.05) is 0 Å². The van der Waals surface area contributed by atoms with Crippen LogP contribution in [0.2, 0.25) is 0 Å². The van der Waals surface area contributed by atoms with Crippen LogP contribution < -0.4 is 11.5 Å². The van der Waals surface area contributed by atoms with Crippen LogP contribution in [-0.2, 0) is 6.54 Å². The molecule has 0 radical (unpaired) electrons. The van der Waals surface area contributed by atoms with Crippen LogP contribution in [0, 0.1) is 5.82 Å². The number of benzene rings is 1. The van der Waals surface area contributed by atoms with Crippen molar-refractivity contribution in [1.82, 2.24) is 4.98 Å². The summed E-state index contributed by atoms with van der Waals surface area (Å²) in [4.78, 5) is 4.13. The lowest BCUT2D eigenvalue weighted by Gasteiger charge is -2.06. The maximum atomic E-state index is 13.5. The molecule has 4 heteroatoms. The van der Waals surface area contributed by atoms with Gasteiger partial charge in [-0.05, 0) is 18.2 Å². The Kier molecular flexibility index (Phi) is 2.83. The molecule has 0 spiro atoms. The Morgan fingerprint density at radius 1 is 1.12 bits per heavy atom. The third-order valence-electron chi connectivity index (χ3n) is 2.38. The lowest BCUT2D eigenvalue weighted by Crippen LogP contribution is -2.04. The van der Waals surface area contributed by atoms with Crippen LogP contribution >= 0.6 is 0 Å². The minimum atomic E-state index is -0.310. The fraction of sp³-hybridized carbons (Fsp3) is 0.0833. The molecule has 1 aromatic heterocycles. The molecule has 0 saturated heterocycles. The van der Waals surface area contributed by atoms with Crippen molar-refractivity contribution in [3.05, 3.63) is 47.8 Å². The normalized spacial score (nSPS) is 10.4. The summed E-state index contributed by atoms with van der Waals surface area (Å²) in [6, 6.07) is 9.94. The van der Waals surface area contributed by atoms with Crippen molar-refractivity contribution in [2.75, 3.05) is 5.73 Å². The van der Waals surface area contributed by atoms with Gasteiger partial charge in [-0.25, -0.2) is 9.37 Å². The van der Waals surface area contributed by atoms with Gasteiger partial charge < -0.3 is 11.5 Å². The lowest BCUT2D eigenvalue weighted by atomic mass is 10.1. The van der Waals surface area contributed by atoms with E-state index in [2.05, 4.69) is 4.98 Å². The van der Waals surface area contributed by atoms with Crippen molar-refractivity contribution >= 4 is 5.82 Å². The minimum Gasteiger partial charge on any atom is -0.383 e. The highest BCUT2D eigenvalue weighted by Gasteiger charge is 2.07. The summed E-state index contributed by atoms with van der Waals surface area (Å²) in [6.07, 6.45) is 0. The lowest BCUT2D eigenvalue weighted by molar-refractivity contribution is 0.631. The first kappa shape index (κ1) is 10.6. The van der Waals surface area contributed by atoms with Gasteiger partial charge in [-0.15, -0.1) is 0 Å². The second kappa shape index (κ2) is 4.28. The Morgan fingerprint density at radius 3 is 2.50 bits per heavy atom. The van der Waals surface area contributed by atoms with E-state index in [0.29, 0.717) is 23.6 Å². The molecule has 16 heavy (non-hydrogen) atoms.